The number of benzene rings is 1. The quantitative estimate of drug-likeness (QED) is 0.385. The average molecular weight is 456 g/mol. The average Bonchev–Trinajstić information content (AvgIpc) is 3.02. The summed E-state index contributed by atoms with van der Waals surface area (Å²) >= 11 is 28.0. The smallest absolute Gasteiger partial charge is 0.142 e. The number of nitrogens with one attached hydrogen (secondary N) is 1. The maximum absolute atomic E-state index is 6.32. The number of rotatable bonds is 6. The molecule has 1 aliphatic heterocycles. The molecule has 2 rings (SSSR count). The maximum atomic E-state index is 6.32. The number of halogens is 4. The summed E-state index contributed by atoms with van der Waals surface area (Å²) in [7, 11) is 0. The highest BCUT2D eigenvalue weighted by Crippen LogP contribution is 2.47. The van der Waals surface area contributed by atoms with Crippen molar-refractivity contribution in [1.29, 1.82) is 0 Å². The van der Waals surface area contributed by atoms with E-state index in [4.69, 9.17) is 46.4 Å². The second-order valence-electron chi connectivity index (χ2n) is 4.85. The molecule has 0 saturated heterocycles. The van der Waals surface area contributed by atoms with Crippen LogP contribution in [0.2, 0.25) is 20.1 Å². The molecule has 2 unspecified atom stereocenters. The van der Waals surface area contributed by atoms with E-state index < -0.39 is 0 Å². The zero-order valence-electron chi connectivity index (χ0n) is 13.3. The molecular weight excluding hydrogens is 442 g/mol. The van der Waals surface area contributed by atoms with Crippen molar-refractivity contribution in [2.75, 3.05) is 0 Å². The third kappa shape index (κ3) is 5.31. The van der Waals surface area contributed by atoms with Crippen molar-refractivity contribution in [1.82, 2.24) is 5.43 Å². The van der Waals surface area contributed by atoms with Crippen molar-refractivity contribution in [3.8, 4) is 0 Å². The molecule has 1 aliphatic rings. The van der Waals surface area contributed by atoms with Crippen molar-refractivity contribution in [2.24, 2.45) is 15.1 Å². The minimum atomic E-state index is -0.0437. The van der Waals surface area contributed by atoms with E-state index in [0.717, 1.165) is 10.8 Å². The van der Waals surface area contributed by atoms with Gasteiger partial charge in [-0.3, -0.25) is 15.4 Å². The molecule has 10 heteroatoms. The molecule has 0 fully saturated rings. The Hall–Kier alpha value is -0.370. The molecule has 0 bridgehead atoms. The van der Waals surface area contributed by atoms with E-state index >= 15 is 0 Å². The van der Waals surface area contributed by atoms with E-state index in [-0.39, 0.29) is 9.96 Å². The first kappa shape index (κ1) is 20.9. The zero-order chi connectivity index (χ0) is 18.6. The van der Waals surface area contributed by atoms with Crippen molar-refractivity contribution in [3.05, 3.63) is 44.1 Å². The van der Waals surface area contributed by atoms with Gasteiger partial charge < -0.3 is 0 Å². The Morgan fingerprint density at radius 3 is 2.56 bits per heavy atom. The summed E-state index contributed by atoms with van der Waals surface area (Å²) in [6.45, 7) is 7.22. The molecule has 0 spiro atoms. The molecule has 1 heterocycles. The van der Waals surface area contributed by atoms with Crippen LogP contribution in [0, 0.1) is 0 Å². The SMILES string of the molecule is C=N/C=C\N=C(/C)C1=NNC(SC(C)c2c(Cl)c(Cl)cc(Cl)c2Cl)S1. The van der Waals surface area contributed by atoms with Gasteiger partial charge in [0.2, 0.25) is 0 Å². The topological polar surface area (TPSA) is 49.1 Å². The van der Waals surface area contributed by atoms with E-state index in [1.54, 1.807) is 35.8 Å². The lowest BCUT2D eigenvalue weighted by Gasteiger charge is -2.19. The van der Waals surface area contributed by atoms with Crippen LogP contribution < -0.4 is 5.43 Å². The summed E-state index contributed by atoms with van der Waals surface area (Å²) in [5.41, 5.74) is 4.57. The van der Waals surface area contributed by atoms with Gasteiger partial charge in [0.05, 0.1) is 25.8 Å². The van der Waals surface area contributed by atoms with Crippen molar-refractivity contribution < 1.29 is 0 Å². The summed E-state index contributed by atoms with van der Waals surface area (Å²) in [6.07, 6.45) is 3.08. The number of aliphatic imine (C=N–C) groups is 2. The van der Waals surface area contributed by atoms with Crippen LogP contribution in [-0.4, -0.2) is 22.2 Å². The molecular formula is C15H14Cl4N4S2. The zero-order valence-corrected chi connectivity index (χ0v) is 17.9. The molecule has 1 aromatic carbocycles. The summed E-state index contributed by atoms with van der Waals surface area (Å²) in [4.78, 5) is 7.85. The van der Waals surface area contributed by atoms with E-state index in [1.165, 1.54) is 6.20 Å². The highest BCUT2D eigenvalue weighted by atomic mass is 35.5. The Labute approximate surface area is 175 Å². The van der Waals surface area contributed by atoms with Crippen molar-refractivity contribution in [3.63, 3.8) is 0 Å². The van der Waals surface area contributed by atoms with Crippen molar-refractivity contribution >= 4 is 87.4 Å². The van der Waals surface area contributed by atoms with Gasteiger partial charge >= 0.3 is 0 Å². The minimum Gasteiger partial charge on any atom is -0.285 e. The Bertz CT molecular complexity index is 738. The molecule has 2 atom stereocenters. The molecule has 4 nitrogen and oxygen atoms in total. The lowest BCUT2D eigenvalue weighted by molar-refractivity contribution is 0.852. The number of thioether (sulfide) groups is 2. The first-order valence-electron chi connectivity index (χ1n) is 6.99. The maximum Gasteiger partial charge on any atom is 0.142 e. The predicted octanol–water partition coefficient (Wildman–Crippen LogP) is 6.66. The molecule has 0 saturated carbocycles. The van der Waals surface area contributed by atoms with Crippen LogP contribution in [-0.2, 0) is 0 Å². The number of nitrogens with zero attached hydrogens (tertiary/aromatic N) is 3. The lowest BCUT2D eigenvalue weighted by Crippen LogP contribution is -2.13. The summed E-state index contributed by atoms with van der Waals surface area (Å²) in [5.74, 6) is 0. The van der Waals surface area contributed by atoms with Crippen LogP contribution in [0.1, 0.15) is 24.7 Å². The van der Waals surface area contributed by atoms with Gasteiger partial charge in [-0.05, 0) is 26.6 Å². The number of hydrazone groups is 1. The number of hydrogen-bond acceptors (Lipinski definition) is 6. The molecule has 134 valence electrons. The largest absolute Gasteiger partial charge is 0.285 e. The summed E-state index contributed by atoms with van der Waals surface area (Å²) < 4.78 is -0.0125. The van der Waals surface area contributed by atoms with Gasteiger partial charge in [0.25, 0.3) is 0 Å². The molecule has 0 amide bonds. The van der Waals surface area contributed by atoms with E-state index in [2.05, 4.69) is 27.2 Å². The van der Waals surface area contributed by atoms with Crippen LogP contribution in [0.25, 0.3) is 0 Å². The number of hydrogen-bond donors (Lipinski definition) is 1. The van der Waals surface area contributed by atoms with E-state index in [0.29, 0.717) is 25.7 Å². The molecule has 25 heavy (non-hydrogen) atoms. The third-order valence-electron chi connectivity index (χ3n) is 3.12. The van der Waals surface area contributed by atoms with E-state index in [9.17, 15) is 0 Å². The van der Waals surface area contributed by atoms with Crippen LogP contribution in [0.15, 0.2) is 33.6 Å². The van der Waals surface area contributed by atoms with Crippen LogP contribution >= 0.6 is 69.9 Å². The minimum absolute atomic E-state index is 0.0125. The predicted molar refractivity (Wildman–Crippen MR) is 116 cm³/mol. The fraction of sp³-hybridized carbons (Fsp3) is 0.267. The molecule has 1 aromatic rings. The van der Waals surface area contributed by atoms with Gasteiger partial charge in [-0.25, -0.2) is 0 Å². The molecule has 0 aliphatic carbocycles. The second kappa shape index (κ2) is 9.53. The third-order valence-corrected chi connectivity index (χ3v) is 7.27. The Morgan fingerprint density at radius 1 is 1.32 bits per heavy atom. The van der Waals surface area contributed by atoms with Gasteiger partial charge in [0.15, 0.2) is 0 Å². The summed E-state index contributed by atoms with van der Waals surface area (Å²) in [6, 6.07) is 1.55. The van der Waals surface area contributed by atoms with Crippen LogP contribution in [0.3, 0.4) is 0 Å². The Kier molecular flexibility index (Phi) is 7.98. The fourth-order valence-corrected chi connectivity index (χ4v) is 5.71. The first-order chi connectivity index (χ1) is 11.8. The Balaban J connectivity index is 2.07. The van der Waals surface area contributed by atoms with Gasteiger partial charge in [-0.2, -0.15) is 5.10 Å². The first-order valence-corrected chi connectivity index (χ1v) is 10.3. The van der Waals surface area contributed by atoms with Gasteiger partial charge in [-0.15, -0.1) is 11.8 Å². The van der Waals surface area contributed by atoms with E-state index in [1.807, 2.05) is 13.8 Å². The van der Waals surface area contributed by atoms with Crippen molar-refractivity contribution in [2.45, 2.75) is 23.8 Å². The monoisotopic (exact) mass is 454 g/mol. The highest BCUT2D eigenvalue weighted by molar-refractivity contribution is 8.26. The lowest BCUT2D eigenvalue weighted by atomic mass is 10.1. The standard InChI is InChI=1S/C15H14Cl4N4S2/c1-7(21-5-4-20-3)14-22-23-15(25-14)24-8(2)11-12(18)9(16)6-10(17)13(11)19/h4-6,8,15,23H,3H2,1-2H3/b5-4-,21-7+. The van der Waals surface area contributed by atoms with Gasteiger partial charge in [-0.1, -0.05) is 58.2 Å². The highest BCUT2D eigenvalue weighted by Gasteiger charge is 2.27. The molecule has 1 N–H and O–H groups in total. The summed E-state index contributed by atoms with van der Waals surface area (Å²) in [5, 5.41) is 6.66. The van der Waals surface area contributed by atoms with Crippen LogP contribution in [0.5, 0.6) is 0 Å². The van der Waals surface area contributed by atoms with Crippen LogP contribution in [0.4, 0.5) is 0 Å². The normalized spacial score (nSPS) is 19.0. The Morgan fingerprint density at radius 2 is 1.96 bits per heavy atom. The molecule has 0 aromatic heterocycles. The second-order valence-corrected chi connectivity index (χ2v) is 9.26. The van der Waals surface area contributed by atoms with Gasteiger partial charge in [0, 0.05) is 23.2 Å². The molecule has 0 radical (unpaired) electrons. The fourth-order valence-electron chi connectivity index (χ4n) is 1.94. The van der Waals surface area contributed by atoms with Gasteiger partial charge in [0.1, 0.15) is 9.75 Å².